The van der Waals surface area contributed by atoms with Gasteiger partial charge in [0.25, 0.3) is 0 Å². The first-order valence-electron chi connectivity index (χ1n) is 54.4. The fraction of sp³-hybridized carbons (Fsp3) is 0.489. The zero-order valence-electron chi connectivity index (χ0n) is 97.3. The number of aryl methyl sites for hydroxylation is 2. The third-order valence-corrected chi connectivity index (χ3v) is 32.0. The number of nitrogens with zero attached hydrogens (tertiary/aromatic N) is 6. The normalized spacial score (nSPS) is 17.2. The minimum absolute atomic E-state index is 0. The molecule has 0 saturated heterocycles. The van der Waals surface area contributed by atoms with Gasteiger partial charge in [-0.1, -0.05) is 376 Å². The van der Waals surface area contributed by atoms with Gasteiger partial charge in [0.1, 0.15) is 34.5 Å². The van der Waals surface area contributed by atoms with Gasteiger partial charge in [0.15, 0.2) is 0 Å². The first-order valence-corrected chi connectivity index (χ1v) is 54.4. The minimum Gasteiger partial charge on any atom is -0.507 e. The zero-order valence-corrected chi connectivity index (χ0v) is 100. The zero-order chi connectivity index (χ0) is 105. The number of phenolic OH excluding ortho intramolecular Hbond substituents is 6. The molecule has 13 rings (SSSR count). The quantitative estimate of drug-likeness (QED) is 0.0179. The van der Waals surface area contributed by atoms with Crippen LogP contribution in [0.3, 0.4) is 0 Å². The molecule has 3 fully saturated rings. The molecule has 0 aromatic heterocycles. The Labute approximate surface area is 939 Å². The van der Waals surface area contributed by atoms with Crippen LogP contribution in [-0.4, -0.2) is 104 Å². The van der Waals surface area contributed by atoms with Crippen molar-refractivity contribution in [1.29, 1.82) is 0 Å². The Kier molecular flexibility index (Phi) is 49.0. The first-order chi connectivity index (χ1) is 67.8. The summed E-state index contributed by atoms with van der Waals surface area (Å²) >= 11 is 0. The van der Waals surface area contributed by atoms with E-state index in [0.717, 1.165) is 219 Å². The van der Waals surface area contributed by atoms with Crippen LogP contribution in [0.15, 0.2) is 224 Å². The molecule has 6 unspecified atom stereocenters. The van der Waals surface area contributed by atoms with E-state index >= 15 is 0 Å². The second-order valence-electron chi connectivity index (χ2n) is 49.3. The van der Waals surface area contributed by atoms with Crippen LogP contribution in [0.4, 0.5) is 0 Å². The van der Waals surface area contributed by atoms with Gasteiger partial charge < -0.3 is 52.9 Å². The molecule has 150 heavy (non-hydrogen) atoms. The predicted octanol–water partition coefficient (Wildman–Crippen LogP) is 34.4. The Balaban J connectivity index is 0.000000398. The molecule has 6 N–H and O–H groups in total. The average molecular weight is 2170 g/mol. The van der Waals surface area contributed by atoms with Gasteiger partial charge >= 0.3 is 0 Å². The van der Waals surface area contributed by atoms with Crippen LogP contribution < -0.4 is 0 Å². The maximum Gasteiger partial charge on any atom is 0.128 e. The van der Waals surface area contributed by atoms with Crippen LogP contribution in [0.1, 0.15) is 418 Å². The van der Waals surface area contributed by atoms with E-state index in [1.165, 1.54) is 33.4 Å². The molecule has 823 valence electrons. The van der Waals surface area contributed by atoms with E-state index in [1.807, 2.05) is 63.3 Å². The Morgan fingerprint density at radius 3 is 0.667 bits per heavy atom. The van der Waals surface area contributed by atoms with Gasteiger partial charge in [0, 0.05) is 154 Å². The number of benzene rings is 10. The maximum absolute atomic E-state index is 12.1. The summed E-state index contributed by atoms with van der Waals surface area (Å²) in [5.41, 5.74) is 21.3. The van der Waals surface area contributed by atoms with Gasteiger partial charge in [-0.15, -0.1) is 0 Å². The molecule has 0 spiro atoms. The molecule has 3 aliphatic carbocycles. The van der Waals surface area contributed by atoms with Crippen molar-refractivity contribution in [3.05, 3.63) is 339 Å². The standard InChI is InChI=1S/C56H62N2O2.C40H62N2O2.C36H54N2O2.3CH3.3Co/c1-53(2,41-23-13-9-14-24-41)45-33-39(51(59)47(35-45)55(5,6)43-27-17-11-18-28-43)37-57-49-31-21-22-32-50(49)58-38-40-34-46(54(3,4)42-25-15-10-16-26-42)36-48(52(40)60)56(7,8)44-29-19-12-20-30-44;1-37(2,3)21-27-17-29(23-39(7,8)9)35(43)31(19-27)25-41-33-15-13-14-16-34(33)42-26-32-20-28(22-38(4,5)6)18-30(36(32)44)24-40(10,11)12;1-9-35(10-2,11-3)29-19-25(7)33(39)27(21-29)23-37-31-17-15-16-18-32(31)38-24-28-22-30(20-26(8)34(28)40)36(12-4,13-5)14-6;;;;;;/h9-20,23-30,33-38,49-50,59-60H,21-22,31-32H2,1-8H3;17-20,25-26,33-34,43-44H,13-16,21-24H2,1-12H3;19-24,31-32,39-40H,9-18H2,1-8H3;3*1H3;;;/q;;;3*-1;;;. The van der Waals surface area contributed by atoms with Crippen LogP contribution in [0.25, 0.3) is 0 Å². The topological polar surface area (TPSA) is 196 Å². The maximum atomic E-state index is 12.1. The summed E-state index contributed by atoms with van der Waals surface area (Å²) in [4.78, 5) is 30.7. The van der Waals surface area contributed by atoms with E-state index in [9.17, 15) is 30.6 Å². The summed E-state index contributed by atoms with van der Waals surface area (Å²) in [7, 11) is 0. The largest absolute Gasteiger partial charge is 0.507 e. The van der Waals surface area contributed by atoms with Gasteiger partial charge in [-0.3, -0.25) is 30.0 Å². The predicted molar refractivity (Wildman–Crippen MR) is 633 cm³/mol. The van der Waals surface area contributed by atoms with Gasteiger partial charge in [0.2, 0.25) is 0 Å². The average Bonchev–Trinajstić information content (AvgIpc) is 0.754. The van der Waals surface area contributed by atoms with E-state index in [0.29, 0.717) is 34.1 Å². The van der Waals surface area contributed by atoms with E-state index in [-0.39, 0.29) is 164 Å². The molecule has 3 saturated carbocycles. The molecule has 10 aromatic carbocycles. The van der Waals surface area contributed by atoms with Gasteiger partial charge in [-0.25, -0.2) is 0 Å². The monoisotopic (exact) mass is 2170 g/mol. The van der Waals surface area contributed by atoms with Crippen molar-refractivity contribution in [2.24, 2.45) is 51.6 Å². The first kappa shape index (κ1) is 131. The Morgan fingerprint density at radius 1 is 0.240 bits per heavy atom. The summed E-state index contributed by atoms with van der Waals surface area (Å²) in [6.45, 7) is 62.1. The van der Waals surface area contributed by atoms with Crippen molar-refractivity contribution in [3.8, 4) is 34.5 Å². The molecule has 0 bridgehead atoms. The number of aliphatic imine (C=N–C) groups is 6. The van der Waals surface area contributed by atoms with Crippen LogP contribution in [-0.2, 0) is 109 Å². The summed E-state index contributed by atoms with van der Waals surface area (Å²) in [5.74, 6) is 1.86. The summed E-state index contributed by atoms with van der Waals surface area (Å²) in [5, 5.41) is 68.7. The van der Waals surface area contributed by atoms with Crippen molar-refractivity contribution >= 4 is 37.3 Å². The second kappa shape index (κ2) is 56.1. The Hall–Kier alpha value is -9.46. The molecular weight excluding hydrogens is 1980 g/mol. The van der Waals surface area contributed by atoms with E-state index in [2.05, 4.69) is 362 Å². The number of phenols is 6. The van der Waals surface area contributed by atoms with Crippen molar-refractivity contribution < 1.29 is 81.0 Å². The molecule has 3 aliphatic rings. The smallest absolute Gasteiger partial charge is 0.128 e. The number of rotatable bonds is 32. The Morgan fingerprint density at radius 2 is 0.447 bits per heavy atom. The third kappa shape index (κ3) is 33.5. The van der Waals surface area contributed by atoms with Gasteiger partial charge in [-0.2, -0.15) is 0 Å². The second-order valence-corrected chi connectivity index (χ2v) is 49.3. The van der Waals surface area contributed by atoms with E-state index in [4.69, 9.17) is 30.0 Å². The molecule has 3 radical (unpaired) electrons. The minimum atomic E-state index is -0.464. The van der Waals surface area contributed by atoms with Crippen molar-refractivity contribution in [2.75, 3.05) is 0 Å². The summed E-state index contributed by atoms with van der Waals surface area (Å²) in [6.07, 6.45) is 33.6. The number of hydrogen-bond donors (Lipinski definition) is 6. The van der Waals surface area contributed by atoms with E-state index in [1.54, 1.807) is 0 Å². The molecule has 0 aliphatic heterocycles. The van der Waals surface area contributed by atoms with Crippen LogP contribution in [0.2, 0.25) is 0 Å². The number of aromatic hydroxyl groups is 6. The molecule has 15 heteroatoms. The Bertz CT molecular complexity index is 5730. The molecule has 0 amide bonds. The third-order valence-electron chi connectivity index (χ3n) is 32.0. The van der Waals surface area contributed by atoms with E-state index < -0.39 is 10.8 Å². The van der Waals surface area contributed by atoms with Gasteiger partial charge in [0.05, 0.1) is 36.3 Å². The van der Waals surface area contributed by atoms with Crippen LogP contribution >= 0.6 is 0 Å². The fourth-order valence-corrected chi connectivity index (χ4v) is 22.4. The van der Waals surface area contributed by atoms with Crippen LogP contribution in [0.5, 0.6) is 34.5 Å². The van der Waals surface area contributed by atoms with Crippen molar-refractivity contribution in [1.82, 2.24) is 0 Å². The molecular formula is C135H187Co3N6O6-3. The molecule has 12 nitrogen and oxygen atoms in total. The summed E-state index contributed by atoms with van der Waals surface area (Å²) < 4.78 is 0. The number of hydrogen-bond acceptors (Lipinski definition) is 12. The van der Waals surface area contributed by atoms with Crippen molar-refractivity contribution in [3.63, 3.8) is 0 Å². The van der Waals surface area contributed by atoms with Crippen LogP contribution in [0, 0.1) is 57.8 Å². The molecule has 10 aromatic rings. The molecule has 0 heterocycles. The SMILES string of the molecule is CC(C)(C)Cc1cc(C=NC2CCCCC2N=Cc2cc(CC(C)(C)C)cc(CC(C)(C)C)c2O)c(O)c(CC(C)(C)C)c1.CC(C)(c1ccccc1)c1cc(C=NC2CCCCC2N=Cc2cc(C(C)(C)c3ccccc3)cc(C(C)(C)c3ccccc3)c2O)c(O)c(C(C)(C)c2ccccc2)c1.CCC(CC)(CC)c1cc(C)c(O)c(C=NC2CCCCC2N=Cc2cc(C(CC)(CC)CC)cc(C)c2O)c1.[CH3-].[CH3-].[CH3-].[Co].[Co].[Co]. The van der Waals surface area contributed by atoms with Gasteiger partial charge in [-0.05, 0) is 263 Å². The summed E-state index contributed by atoms with van der Waals surface area (Å²) in [6, 6.07) is 67.9. The van der Waals surface area contributed by atoms with Crippen molar-refractivity contribution in [2.45, 2.75) is 404 Å². The fourth-order valence-electron chi connectivity index (χ4n) is 22.4. The molecule has 6 atom stereocenters.